The fourth-order valence-corrected chi connectivity index (χ4v) is 2.77. The van der Waals surface area contributed by atoms with E-state index in [1.807, 2.05) is 24.4 Å². The van der Waals surface area contributed by atoms with Gasteiger partial charge in [0.2, 0.25) is 0 Å². The Labute approximate surface area is 147 Å². The molecule has 0 aliphatic carbocycles. The topological polar surface area (TPSA) is 12.9 Å². The van der Waals surface area contributed by atoms with Gasteiger partial charge in [-0.1, -0.05) is 91.2 Å². The van der Waals surface area contributed by atoms with E-state index in [0.29, 0.717) is 5.92 Å². The van der Waals surface area contributed by atoms with Gasteiger partial charge in [-0.2, -0.15) is 0 Å². The van der Waals surface area contributed by atoms with E-state index < -0.39 is 0 Å². The molecule has 1 nitrogen and oxygen atoms in total. The normalized spacial score (nSPS) is 11.6. The minimum absolute atomic E-state index is 0.188. The van der Waals surface area contributed by atoms with Crippen LogP contribution >= 0.6 is 0 Å². The Morgan fingerprint density at radius 2 is 1.38 bits per heavy atom. The summed E-state index contributed by atoms with van der Waals surface area (Å²) in [4.78, 5) is 4.62. The molecule has 1 aromatic heterocycles. The van der Waals surface area contributed by atoms with Crippen molar-refractivity contribution in [1.29, 1.82) is 0 Å². The molecule has 0 bridgehead atoms. The maximum absolute atomic E-state index is 4.62. The molecule has 0 spiro atoms. The molecule has 0 aliphatic rings. The summed E-state index contributed by atoms with van der Waals surface area (Å²) in [6.45, 7) is 4.56. The Morgan fingerprint density at radius 1 is 0.750 bits per heavy atom. The van der Waals surface area contributed by atoms with E-state index in [0.717, 1.165) is 16.8 Å². The van der Waals surface area contributed by atoms with Crippen LogP contribution < -0.4 is 0 Å². The number of benzene rings is 2. The second-order valence-electron chi connectivity index (χ2n) is 7.25. The Balaban J connectivity index is 1.85. The lowest BCUT2D eigenvalue weighted by molar-refractivity contribution is 0.570. The molecule has 2 aromatic carbocycles. The second kappa shape index (κ2) is 6.68. The largest absolute Gasteiger partial charge is 0.256 e. The SMILES string of the molecule is BC(B)(c1ccc(-c2ccc(-c3ccccc3)nc2)cc1)C(C)C. The third kappa shape index (κ3) is 3.31. The first-order valence-corrected chi connectivity index (χ1v) is 8.61. The highest BCUT2D eigenvalue weighted by molar-refractivity contribution is 6.40. The van der Waals surface area contributed by atoms with Crippen LogP contribution in [0.25, 0.3) is 22.4 Å². The average molecular weight is 311 g/mol. The Morgan fingerprint density at radius 3 is 1.92 bits per heavy atom. The van der Waals surface area contributed by atoms with Gasteiger partial charge in [0, 0.05) is 17.3 Å². The Kier molecular flexibility index (Phi) is 4.62. The highest BCUT2D eigenvalue weighted by Crippen LogP contribution is 2.28. The molecule has 0 saturated heterocycles. The highest BCUT2D eigenvalue weighted by Gasteiger charge is 2.24. The summed E-state index contributed by atoms with van der Waals surface area (Å²) in [5, 5.41) is 0.188. The lowest BCUT2D eigenvalue weighted by Crippen LogP contribution is -2.33. The zero-order chi connectivity index (χ0) is 17.2. The molecule has 3 heteroatoms. The summed E-state index contributed by atoms with van der Waals surface area (Å²) in [6, 6.07) is 23.4. The first-order chi connectivity index (χ1) is 11.5. The van der Waals surface area contributed by atoms with Crippen LogP contribution in [0.15, 0.2) is 72.9 Å². The van der Waals surface area contributed by atoms with Gasteiger partial charge in [0.15, 0.2) is 0 Å². The van der Waals surface area contributed by atoms with Crippen LogP contribution in [-0.4, -0.2) is 20.7 Å². The van der Waals surface area contributed by atoms with Gasteiger partial charge in [-0.3, -0.25) is 4.98 Å². The van der Waals surface area contributed by atoms with Crippen molar-refractivity contribution >= 4 is 15.7 Å². The van der Waals surface area contributed by atoms with Crippen molar-refractivity contribution in [3.63, 3.8) is 0 Å². The molecule has 0 amide bonds. The molecule has 0 N–H and O–H groups in total. The van der Waals surface area contributed by atoms with Crippen molar-refractivity contribution in [3.8, 4) is 22.4 Å². The van der Waals surface area contributed by atoms with Crippen LogP contribution in [0, 0.1) is 5.92 Å². The van der Waals surface area contributed by atoms with E-state index >= 15 is 0 Å². The van der Waals surface area contributed by atoms with Gasteiger partial charge in [0.05, 0.1) is 5.69 Å². The zero-order valence-electron chi connectivity index (χ0n) is 15.0. The summed E-state index contributed by atoms with van der Waals surface area (Å²) in [5.41, 5.74) is 5.92. The molecule has 118 valence electrons. The van der Waals surface area contributed by atoms with E-state index in [1.54, 1.807) is 0 Å². The van der Waals surface area contributed by atoms with Crippen molar-refractivity contribution in [3.05, 3.63) is 78.5 Å². The van der Waals surface area contributed by atoms with E-state index in [2.05, 4.69) is 83.1 Å². The maximum atomic E-state index is 4.62. The highest BCUT2D eigenvalue weighted by atomic mass is 14.7. The summed E-state index contributed by atoms with van der Waals surface area (Å²) in [5.74, 6) is 0.607. The number of hydrogen-bond acceptors (Lipinski definition) is 1. The summed E-state index contributed by atoms with van der Waals surface area (Å²) in [6.07, 6.45) is 1.96. The van der Waals surface area contributed by atoms with Crippen molar-refractivity contribution < 1.29 is 0 Å². The third-order valence-electron chi connectivity index (χ3n) is 5.24. The Bertz CT molecular complexity index is 792. The second-order valence-corrected chi connectivity index (χ2v) is 7.25. The molecule has 3 rings (SSSR count). The van der Waals surface area contributed by atoms with Crippen LogP contribution in [-0.2, 0) is 5.21 Å². The maximum Gasteiger partial charge on any atom is 0.105 e. The number of hydrogen-bond donors (Lipinski definition) is 0. The van der Waals surface area contributed by atoms with Crippen LogP contribution in [0.4, 0.5) is 0 Å². The lowest BCUT2D eigenvalue weighted by Gasteiger charge is -2.30. The molecule has 0 aliphatic heterocycles. The summed E-state index contributed by atoms with van der Waals surface area (Å²) < 4.78 is 0. The number of aromatic nitrogens is 1. The van der Waals surface area contributed by atoms with Crippen LogP contribution in [0.5, 0.6) is 0 Å². The molecule has 0 fully saturated rings. The fraction of sp³-hybridized carbons (Fsp3) is 0.190. The third-order valence-corrected chi connectivity index (χ3v) is 5.24. The van der Waals surface area contributed by atoms with Crippen LogP contribution in [0.3, 0.4) is 0 Å². The molecule has 1 heterocycles. The van der Waals surface area contributed by atoms with E-state index in [1.165, 1.54) is 11.1 Å². The van der Waals surface area contributed by atoms with E-state index in [-0.39, 0.29) is 5.21 Å². The zero-order valence-corrected chi connectivity index (χ0v) is 15.0. The smallest absolute Gasteiger partial charge is 0.105 e. The van der Waals surface area contributed by atoms with Crippen molar-refractivity contribution in [2.75, 3.05) is 0 Å². The standard InChI is InChI=1S/C21H23B2N/c1-15(2)21(22,23)19-11-8-16(9-12-19)18-10-13-20(24-14-18)17-6-4-3-5-7-17/h3-15H,22-23H2,1-2H3. The summed E-state index contributed by atoms with van der Waals surface area (Å²) >= 11 is 0. The molecule has 3 aromatic rings. The van der Waals surface area contributed by atoms with Gasteiger partial charge in [0.25, 0.3) is 0 Å². The van der Waals surface area contributed by atoms with E-state index in [9.17, 15) is 0 Å². The Hall–Kier alpha value is -2.28. The van der Waals surface area contributed by atoms with E-state index in [4.69, 9.17) is 0 Å². The number of pyridine rings is 1. The number of rotatable bonds is 4. The van der Waals surface area contributed by atoms with Gasteiger partial charge in [-0.05, 0) is 11.6 Å². The van der Waals surface area contributed by atoms with Gasteiger partial charge in [0.1, 0.15) is 15.7 Å². The quantitative estimate of drug-likeness (QED) is 0.672. The summed E-state index contributed by atoms with van der Waals surface area (Å²) in [7, 11) is 4.62. The minimum atomic E-state index is 0.188. The average Bonchev–Trinajstić information content (AvgIpc) is 2.62. The van der Waals surface area contributed by atoms with Crippen molar-refractivity contribution in [1.82, 2.24) is 4.98 Å². The number of nitrogens with zero attached hydrogens (tertiary/aromatic N) is 1. The minimum Gasteiger partial charge on any atom is -0.256 e. The first-order valence-electron chi connectivity index (χ1n) is 8.61. The molecule has 0 unspecified atom stereocenters. The van der Waals surface area contributed by atoms with Crippen LogP contribution in [0.2, 0.25) is 0 Å². The molecule has 0 saturated carbocycles. The fourth-order valence-electron chi connectivity index (χ4n) is 2.77. The molecule has 0 atom stereocenters. The lowest BCUT2D eigenvalue weighted by atomic mass is 9.46. The van der Waals surface area contributed by atoms with Gasteiger partial charge in [-0.15, -0.1) is 0 Å². The molecule has 24 heavy (non-hydrogen) atoms. The monoisotopic (exact) mass is 311 g/mol. The molecular formula is C21H23B2N. The molecular weight excluding hydrogens is 288 g/mol. The predicted octanol–water partition coefficient (Wildman–Crippen LogP) is 3.49. The first kappa shape index (κ1) is 16.6. The van der Waals surface area contributed by atoms with Gasteiger partial charge < -0.3 is 0 Å². The molecule has 0 radical (unpaired) electrons. The van der Waals surface area contributed by atoms with Crippen molar-refractivity contribution in [2.24, 2.45) is 5.92 Å². The van der Waals surface area contributed by atoms with Crippen LogP contribution in [0.1, 0.15) is 19.4 Å². The predicted molar refractivity (Wildman–Crippen MR) is 109 cm³/mol. The van der Waals surface area contributed by atoms with Gasteiger partial charge in [-0.25, -0.2) is 0 Å². The van der Waals surface area contributed by atoms with Gasteiger partial charge >= 0.3 is 0 Å². The van der Waals surface area contributed by atoms with Crippen molar-refractivity contribution in [2.45, 2.75) is 19.1 Å².